The van der Waals surface area contributed by atoms with E-state index in [1.165, 1.54) is 5.23 Å². The molecule has 2 atom stereocenters. The van der Waals surface area contributed by atoms with E-state index >= 15 is 0 Å². The zero-order valence-corrected chi connectivity index (χ0v) is 10.4. The van der Waals surface area contributed by atoms with Gasteiger partial charge in [0.05, 0.1) is 18.4 Å². The summed E-state index contributed by atoms with van der Waals surface area (Å²) in [5.41, 5.74) is 1.92. The summed E-state index contributed by atoms with van der Waals surface area (Å²) in [6, 6.07) is 7.85. The Morgan fingerprint density at radius 3 is 2.61 bits per heavy atom. The fraction of sp³-hybridized carbons (Fsp3) is 0.500. The van der Waals surface area contributed by atoms with Crippen molar-refractivity contribution in [2.24, 2.45) is 0 Å². The van der Waals surface area contributed by atoms with Crippen molar-refractivity contribution in [2.45, 2.75) is 19.3 Å². The molecule has 0 bridgehead atoms. The standard InChI is InChI=1S/C12H16N2O4/c1-9-16-14(18-17-9)11-5-3-10(4-6-11)13(2)7-12-8-15-12/h3-6,9,12H,7-8H2,1-2H3. The molecular weight excluding hydrogens is 236 g/mol. The normalized spacial score (nSPS) is 26.4. The predicted octanol–water partition coefficient (Wildman–Crippen LogP) is 1.48. The van der Waals surface area contributed by atoms with Gasteiger partial charge >= 0.3 is 0 Å². The minimum absolute atomic E-state index is 0.383. The Hall–Kier alpha value is -1.34. The average Bonchev–Trinajstić information content (AvgIpc) is 3.09. The second-order valence-electron chi connectivity index (χ2n) is 4.45. The number of anilines is 2. The average molecular weight is 252 g/mol. The minimum atomic E-state index is -0.389. The van der Waals surface area contributed by atoms with E-state index in [-0.39, 0.29) is 6.29 Å². The van der Waals surface area contributed by atoms with Crippen LogP contribution in [-0.4, -0.2) is 32.6 Å². The van der Waals surface area contributed by atoms with E-state index in [4.69, 9.17) is 19.5 Å². The van der Waals surface area contributed by atoms with Crippen LogP contribution in [0.5, 0.6) is 0 Å². The number of benzene rings is 1. The Balaban J connectivity index is 1.64. The third-order valence-corrected chi connectivity index (χ3v) is 2.87. The molecule has 3 rings (SSSR count). The molecule has 2 heterocycles. The summed E-state index contributed by atoms with van der Waals surface area (Å²) >= 11 is 0. The maximum Gasteiger partial charge on any atom is 0.219 e. The van der Waals surface area contributed by atoms with Crippen LogP contribution in [0, 0.1) is 0 Å². The first kappa shape index (κ1) is 11.7. The molecule has 2 saturated heterocycles. The lowest BCUT2D eigenvalue weighted by atomic mass is 10.2. The summed E-state index contributed by atoms with van der Waals surface area (Å²) in [4.78, 5) is 17.2. The van der Waals surface area contributed by atoms with E-state index in [2.05, 4.69) is 4.90 Å². The van der Waals surface area contributed by atoms with Gasteiger partial charge in [0.2, 0.25) is 6.29 Å². The molecule has 1 aromatic rings. The number of nitrogens with zero attached hydrogens (tertiary/aromatic N) is 2. The molecule has 6 nitrogen and oxygen atoms in total. The molecule has 2 fully saturated rings. The highest BCUT2D eigenvalue weighted by Crippen LogP contribution is 2.25. The van der Waals surface area contributed by atoms with Gasteiger partial charge in [-0.1, -0.05) is 10.2 Å². The highest BCUT2D eigenvalue weighted by Gasteiger charge is 2.25. The number of hydrogen-bond donors (Lipinski definition) is 0. The highest BCUT2D eigenvalue weighted by molar-refractivity contribution is 5.54. The van der Waals surface area contributed by atoms with Crippen molar-refractivity contribution in [3.63, 3.8) is 0 Å². The Morgan fingerprint density at radius 1 is 1.33 bits per heavy atom. The van der Waals surface area contributed by atoms with E-state index in [0.29, 0.717) is 6.10 Å². The fourth-order valence-corrected chi connectivity index (χ4v) is 1.79. The highest BCUT2D eigenvalue weighted by atomic mass is 17.4. The quantitative estimate of drug-likeness (QED) is 0.597. The van der Waals surface area contributed by atoms with Gasteiger partial charge < -0.3 is 9.64 Å². The van der Waals surface area contributed by atoms with Gasteiger partial charge in [-0.25, -0.2) is 4.84 Å². The maximum atomic E-state index is 5.28. The van der Waals surface area contributed by atoms with Crippen molar-refractivity contribution in [1.29, 1.82) is 0 Å². The van der Waals surface area contributed by atoms with Gasteiger partial charge in [0.25, 0.3) is 0 Å². The molecule has 0 saturated carbocycles. The van der Waals surface area contributed by atoms with Crippen LogP contribution in [0.2, 0.25) is 0 Å². The van der Waals surface area contributed by atoms with E-state index in [9.17, 15) is 0 Å². The van der Waals surface area contributed by atoms with Crippen molar-refractivity contribution in [2.75, 3.05) is 30.3 Å². The minimum Gasteiger partial charge on any atom is -0.372 e. The summed E-state index contributed by atoms with van der Waals surface area (Å²) in [5.74, 6) is 0. The topological polar surface area (TPSA) is 46.7 Å². The first-order chi connectivity index (χ1) is 8.72. The molecule has 2 aliphatic heterocycles. The zero-order chi connectivity index (χ0) is 12.5. The lowest BCUT2D eigenvalue weighted by molar-refractivity contribution is -0.280. The van der Waals surface area contributed by atoms with E-state index in [0.717, 1.165) is 24.5 Å². The molecule has 0 amide bonds. The first-order valence-corrected chi connectivity index (χ1v) is 5.95. The number of hydrogen-bond acceptors (Lipinski definition) is 6. The Labute approximate surface area is 105 Å². The van der Waals surface area contributed by atoms with E-state index < -0.39 is 0 Å². The summed E-state index contributed by atoms with van der Waals surface area (Å²) in [6.45, 7) is 3.54. The summed E-state index contributed by atoms with van der Waals surface area (Å²) in [6.07, 6.45) is -0.00598. The van der Waals surface area contributed by atoms with Gasteiger partial charge in [-0.15, -0.1) is 0 Å². The van der Waals surface area contributed by atoms with Gasteiger partial charge in [0, 0.05) is 19.3 Å². The lowest BCUT2D eigenvalue weighted by Crippen LogP contribution is -2.22. The molecule has 0 radical (unpaired) electrons. The maximum absolute atomic E-state index is 5.28. The van der Waals surface area contributed by atoms with Crippen LogP contribution in [0.15, 0.2) is 24.3 Å². The first-order valence-electron chi connectivity index (χ1n) is 5.95. The predicted molar refractivity (Wildman–Crippen MR) is 64.6 cm³/mol. The van der Waals surface area contributed by atoms with Gasteiger partial charge in [-0.05, 0) is 31.2 Å². The summed E-state index contributed by atoms with van der Waals surface area (Å²) < 4.78 is 5.21. The summed E-state index contributed by atoms with van der Waals surface area (Å²) in [7, 11) is 2.05. The molecule has 0 N–H and O–H groups in total. The zero-order valence-electron chi connectivity index (χ0n) is 10.4. The third-order valence-electron chi connectivity index (χ3n) is 2.87. The number of epoxide rings is 1. The molecule has 1 aromatic carbocycles. The molecule has 2 unspecified atom stereocenters. The van der Waals surface area contributed by atoms with Crippen molar-refractivity contribution < 1.29 is 19.5 Å². The second kappa shape index (κ2) is 4.74. The van der Waals surface area contributed by atoms with Crippen molar-refractivity contribution in [3.05, 3.63) is 24.3 Å². The molecule has 0 aliphatic carbocycles. The van der Waals surface area contributed by atoms with E-state index in [1.54, 1.807) is 6.92 Å². The molecule has 0 aromatic heterocycles. The second-order valence-corrected chi connectivity index (χ2v) is 4.45. The third kappa shape index (κ3) is 2.56. The van der Waals surface area contributed by atoms with Crippen LogP contribution in [0.3, 0.4) is 0 Å². The number of likely N-dealkylation sites (N-methyl/N-ethyl adjacent to an activating group) is 1. The largest absolute Gasteiger partial charge is 0.372 e. The van der Waals surface area contributed by atoms with E-state index in [1.807, 2.05) is 31.3 Å². The van der Waals surface area contributed by atoms with Crippen LogP contribution in [0.1, 0.15) is 6.92 Å². The molecule has 98 valence electrons. The van der Waals surface area contributed by atoms with Gasteiger partial charge in [-0.2, -0.15) is 4.89 Å². The number of ether oxygens (including phenoxy) is 1. The molecule has 18 heavy (non-hydrogen) atoms. The van der Waals surface area contributed by atoms with Crippen molar-refractivity contribution in [1.82, 2.24) is 0 Å². The van der Waals surface area contributed by atoms with Crippen molar-refractivity contribution >= 4 is 11.4 Å². The van der Waals surface area contributed by atoms with Crippen molar-refractivity contribution in [3.8, 4) is 0 Å². The van der Waals surface area contributed by atoms with Gasteiger partial charge in [-0.3, -0.25) is 0 Å². The van der Waals surface area contributed by atoms with Crippen LogP contribution < -0.4 is 10.1 Å². The smallest absolute Gasteiger partial charge is 0.219 e. The number of rotatable bonds is 4. The van der Waals surface area contributed by atoms with Crippen LogP contribution in [0.25, 0.3) is 0 Å². The van der Waals surface area contributed by atoms with Crippen LogP contribution >= 0.6 is 0 Å². The monoisotopic (exact) mass is 252 g/mol. The molecule has 6 heteroatoms. The van der Waals surface area contributed by atoms with Crippen LogP contribution in [0.4, 0.5) is 11.4 Å². The lowest BCUT2D eigenvalue weighted by Gasteiger charge is -2.19. The summed E-state index contributed by atoms with van der Waals surface area (Å²) in [5, 5.41) is 1.26. The Bertz CT molecular complexity index is 407. The molecule has 2 aliphatic rings. The Kier molecular flexibility index (Phi) is 3.09. The van der Waals surface area contributed by atoms with Gasteiger partial charge in [0.1, 0.15) is 0 Å². The molecule has 0 spiro atoms. The van der Waals surface area contributed by atoms with Gasteiger partial charge in [0.15, 0.2) is 0 Å². The molecular formula is C12H16N2O4. The fourth-order valence-electron chi connectivity index (χ4n) is 1.79. The Morgan fingerprint density at radius 2 is 2.06 bits per heavy atom. The SMILES string of the molecule is CC1OON(c2ccc(N(C)CC3CO3)cc2)O1. The van der Waals surface area contributed by atoms with Crippen LogP contribution in [-0.2, 0) is 19.5 Å².